The number of rotatable bonds is 6. The minimum absolute atomic E-state index is 0.0139. The molecule has 0 unspecified atom stereocenters. The number of carbonyl (C=O) groups is 1. The molecule has 6 nitrogen and oxygen atoms in total. The molecule has 1 aliphatic heterocycles. The number of sulfonamides is 1. The zero-order chi connectivity index (χ0) is 21.5. The summed E-state index contributed by atoms with van der Waals surface area (Å²) in [5.74, 6) is -0.474. The Bertz CT molecular complexity index is 1060. The maximum Gasteiger partial charge on any atom is 0.407 e. The van der Waals surface area contributed by atoms with Crippen molar-refractivity contribution in [3.8, 4) is 11.1 Å². The van der Waals surface area contributed by atoms with Crippen molar-refractivity contribution in [2.24, 2.45) is 5.41 Å². The Balaban J connectivity index is 1.70. The second-order valence-electron chi connectivity index (χ2n) is 8.01. The molecule has 2 aliphatic rings. The van der Waals surface area contributed by atoms with Gasteiger partial charge >= 0.3 is 6.09 Å². The van der Waals surface area contributed by atoms with E-state index in [1.807, 2.05) is 6.07 Å². The number of alkyl halides is 1. The van der Waals surface area contributed by atoms with E-state index >= 15 is 4.39 Å². The average Bonchev–Trinajstić information content (AvgIpc) is 3.45. The standard InChI is InChI=1S/C21H22F2N2O4S/c22-13-30(28,29)24-19-17(25(20(26)27)12-21(19)9-10-21)11-15-7-4-8-16(18(15)23)14-5-2-1-3-6-14/h1-8,17,19,24H,9-13H2,(H,26,27)/t17-,19+/m0/s1. The van der Waals surface area contributed by atoms with Crippen molar-refractivity contribution in [1.29, 1.82) is 0 Å². The summed E-state index contributed by atoms with van der Waals surface area (Å²) in [5, 5.41) is 9.68. The van der Waals surface area contributed by atoms with Gasteiger partial charge in [-0.05, 0) is 30.4 Å². The monoisotopic (exact) mass is 436 g/mol. The molecule has 30 heavy (non-hydrogen) atoms. The van der Waals surface area contributed by atoms with Gasteiger partial charge in [0, 0.05) is 17.5 Å². The molecule has 0 bridgehead atoms. The Labute approximate surface area is 173 Å². The first-order valence-electron chi connectivity index (χ1n) is 9.65. The SMILES string of the molecule is O=C(O)N1CC2(CC2)[C@H](NS(=O)(=O)CF)[C@@H]1Cc1cccc(-c2ccccc2)c1F. The number of halogens is 2. The Hall–Kier alpha value is -2.52. The molecular weight excluding hydrogens is 414 g/mol. The molecule has 9 heteroatoms. The van der Waals surface area contributed by atoms with Crippen LogP contribution >= 0.6 is 0 Å². The fourth-order valence-electron chi connectivity index (χ4n) is 4.44. The first-order valence-corrected chi connectivity index (χ1v) is 11.3. The van der Waals surface area contributed by atoms with Crippen LogP contribution < -0.4 is 4.72 Å². The first kappa shape index (κ1) is 20.7. The highest BCUT2D eigenvalue weighted by Gasteiger charge is 2.61. The van der Waals surface area contributed by atoms with Crippen LogP contribution in [0.3, 0.4) is 0 Å². The van der Waals surface area contributed by atoms with E-state index < -0.39 is 45.4 Å². The molecule has 1 heterocycles. The minimum Gasteiger partial charge on any atom is -0.465 e. The molecule has 2 aromatic rings. The minimum atomic E-state index is -4.20. The lowest BCUT2D eigenvalue weighted by atomic mass is 9.91. The predicted molar refractivity (Wildman–Crippen MR) is 108 cm³/mol. The van der Waals surface area contributed by atoms with Crippen LogP contribution in [0, 0.1) is 11.2 Å². The van der Waals surface area contributed by atoms with Gasteiger partial charge in [0.2, 0.25) is 16.0 Å². The highest BCUT2D eigenvalue weighted by molar-refractivity contribution is 7.89. The average molecular weight is 436 g/mol. The maximum atomic E-state index is 15.3. The van der Waals surface area contributed by atoms with E-state index in [-0.39, 0.29) is 18.5 Å². The van der Waals surface area contributed by atoms with E-state index in [0.29, 0.717) is 24.0 Å². The lowest BCUT2D eigenvalue weighted by Crippen LogP contribution is -2.49. The zero-order valence-electron chi connectivity index (χ0n) is 16.1. The van der Waals surface area contributed by atoms with E-state index in [1.165, 1.54) is 0 Å². The third-order valence-electron chi connectivity index (χ3n) is 6.11. The van der Waals surface area contributed by atoms with Crippen LogP contribution in [-0.4, -0.2) is 49.2 Å². The molecule has 2 fully saturated rings. The highest BCUT2D eigenvalue weighted by Crippen LogP contribution is 2.55. The normalized spacial score (nSPS) is 22.4. The molecular formula is C21H22F2N2O4S. The van der Waals surface area contributed by atoms with Crippen molar-refractivity contribution in [3.05, 3.63) is 59.9 Å². The highest BCUT2D eigenvalue weighted by atomic mass is 32.2. The topological polar surface area (TPSA) is 86.7 Å². The summed E-state index contributed by atoms with van der Waals surface area (Å²) in [6.07, 6.45) is 0.0614. The second-order valence-corrected chi connectivity index (χ2v) is 9.69. The van der Waals surface area contributed by atoms with Crippen molar-refractivity contribution >= 4 is 16.1 Å². The predicted octanol–water partition coefficient (Wildman–Crippen LogP) is 3.39. The number of hydrogen-bond donors (Lipinski definition) is 2. The van der Waals surface area contributed by atoms with Crippen molar-refractivity contribution in [3.63, 3.8) is 0 Å². The Morgan fingerprint density at radius 1 is 1.17 bits per heavy atom. The molecule has 1 spiro atoms. The van der Waals surface area contributed by atoms with E-state index in [2.05, 4.69) is 4.72 Å². The van der Waals surface area contributed by atoms with Crippen LogP contribution in [0.2, 0.25) is 0 Å². The van der Waals surface area contributed by atoms with E-state index in [4.69, 9.17) is 0 Å². The quantitative estimate of drug-likeness (QED) is 0.727. The maximum absolute atomic E-state index is 15.3. The molecule has 2 N–H and O–H groups in total. The number of hydrogen-bond acceptors (Lipinski definition) is 3. The first-order chi connectivity index (χ1) is 14.3. The Kier molecular flexibility index (Phi) is 5.27. The molecule has 0 radical (unpaired) electrons. The van der Waals surface area contributed by atoms with Gasteiger partial charge in [-0.15, -0.1) is 0 Å². The number of nitrogens with zero attached hydrogens (tertiary/aromatic N) is 1. The van der Waals surface area contributed by atoms with Gasteiger partial charge in [0.15, 0.2) is 0 Å². The Morgan fingerprint density at radius 2 is 1.87 bits per heavy atom. The zero-order valence-corrected chi connectivity index (χ0v) is 16.9. The van der Waals surface area contributed by atoms with Crippen LogP contribution in [0.15, 0.2) is 48.5 Å². The smallest absolute Gasteiger partial charge is 0.407 e. The van der Waals surface area contributed by atoms with Crippen LogP contribution in [0.25, 0.3) is 11.1 Å². The summed E-state index contributed by atoms with van der Waals surface area (Å²) in [5.41, 5.74) is 0.801. The van der Waals surface area contributed by atoms with Gasteiger partial charge in [-0.3, -0.25) is 0 Å². The summed E-state index contributed by atoms with van der Waals surface area (Å²) in [7, 11) is -4.20. The van der Waals surface area contributed by atoms with Crippen LogP contribution in [0.4, 0.5) is 13.6 Å². The van der Waals surface area contributed by atoms with Gasteiger partial charge in [-0.25, -0.2) is 26.7 Å². The fourth-order valence-corrected chi connectivity index (χ4v) is 5.30. The summed E-state index contributed by atoms with van der Waals surface area (Å²) < 4.78 is 54.5. The molecule has 160 valence electrons. The number of benzene rings is 2. The van der Waals surface area contributed by atoms with Gasteiger partial charge in [0.1, 0.15) is 5.82 Å². The third kappa shape index (κ3) is 3.79. The van der Waals surface area contributed by atoms with Crippen LogP contribution in [-0.2, 0) is 16.4 Å². The summed E-state index contributed by atoms with van der Waals surface area (Å²) in [4.78, 5) is 13.0. The van der Waals surface area contributed by atoms with E-state index in [9.17, 15) is 22.7 Å². The lowest BCUT2D eigenvalue weighted by molar-refractivity contribution is 0.136. The number of likely N-dealkylation sites (tertiary alicyclic amines) is 1. The molecule has 1 aliphatic carbocycles. The van der Waals surface area contributed by atoms with Gasteiger partial charge in [-0.1, -0.05) is 48.5 Å². The summed E-state index contributed by atoms with van der Waals surface area (Å²) in [6, 6.07) is 10.7. The van der Waals surface area contributed by atoms with Crippen LogP contribution in [0.5, 0.6) is 0 Å². The summed E-state index contributed by atoms with van der Waals surface area (Å²) >= 11 is 0. The van der Waals surface area contributed by atoms with Crippen molar-refractivity contribution in [2.75, 3.05) is 12.6 Å². The van der Waals surface area contributed by atoms with Gasteiger partial charge in [0.05, 0.1) is 12.1 Å². The van der Waals surface area contributed by atoms with Crippen LogP contribution in [0.1, 0.15) is 18.4 Å². The van der Waals surface area contributed by atoms with E-state index in [1.54, 1.807) is 42.5 Å². The number of carboxylic acid groups (broad SMARTS) is 1. The molecule has 1 saturated carbocycles. The second kappa shape index (κ2) is 7.63. The third-order valence-corrected chi connectivity index (χ3v) is 7.01. The summed E-state index contributed by atoms with van der Waals surface area (Å²) in [6.45, 7) is 0.145. The van der Waals surface area contributed by atoms with Crippen molar-refractivity contribution in [2.45, 2.75) is 31.3 Å². The molecule has 1 saturated heterocycles. The molecule has 4 rings (SSSR count). The number of amides is 1. The van der Waals surface area contributed by atoms with Gasteiger partial charge in [-0.2, -0.15) is 0 Å². The molecule has 0 aromatic heterocycles. The molecule has 2 atom stereocenters. The number of nitrogens with one attached hydrogen (secondary N) is 1. The fraction of sp³-hybridized carbons (Fsp3) is 0.381. The van der Waals surface area contributed by atoms with Crippen molar-refractivity contribution < 1.29 is 27.1 Å². The van der Waals surface area contributed by atoms with Crippen molar-refractivity contribution in [1.82, 2.24) is 9.62 Å². The Morgan fingerprint density at radius 3 is 2.47 bits per heavy atom. The van der Waals surface area contributed by atoms with Gasteiger partial charge in [0.25, 0.3) is 0 Å². The molecule has 2 aromatic carbocycles. The lowest BCUT2D eigenvalue weighted by Gasteiger charge is -2.28. The van der Waals surface area contributed by atoms with E-state index in [0.717, 1.165) is 4.90 Å². The molecule has 1 amide bonds. The largest absolute Gasteiger partial charge is 0.465 e. The van der Waals surface area contributed by atoms with Gasteiger partial charge < -0.3 is 10.0 Å².